The SMILES string of the molecule is FC(F)(F)c1ccc[c]([Cu][c]2cccc(C(F)(F)F)c2)c1. The Kier molecular flexibility index (Phi) is 4.35. The fraction of sp³-hybridized carbons (Fsp3) is 0.143. The normalized spacial score (nSPS) is 12.7. The fourth-order valence-corrected chi connectivity index (χ4v) is 2.57. The van der Waals surface area contributed by atoms with Crippen LogP contribution in [0.4, 0.5) is 26.3 Å². The molecule has 0 saturated heterocycles. The van der Waals surface area contributed by atoms with E-state index in [1.165, 1.54) is 24.3 Å². The van der Waals surface area contributed by atoms with Crippen molar-refractivity contribution in [3.05, 3.63) is 59.7 Å². The summed E-state index contributed by atoms with van der Waals surface area (Å²) in [6.07, 6.45) is -8.97. The van der Waals surface area contributed by atoms with Crippen LogP contribution < -0.4 is 8.92 Å². The van der Waals surface area contributed by atoms with Crippen LogP contribution in [0.5, 0.6) is 0 Å². The van der Waals surface area contributed by atoms with Crippen molar-refractivity contribution in [2.75, 3.05) is 0 Å². The number of benzene rings is 2. The average molecular weight is 354 g/mol. The summed E-state index contributed by atoms with van der Waals surface area (Å²) in [4.78, 5) is 0. The molecule has 0 bridgehead atoms. The monoisotopic (exact) mass is 353 g/mol. The van der Waals surface area contributed by atoms with E-state index >= 15 is 0 Å². The van der Waals surface area contributed by atoms with E-state index in [1.807, 2.05) is 0 Å². The molecule has 0 heterocycles. The molecule has 0 aliphatic heterocycles. The number of halogens is 6. The van der Waals surface area contributed by atoms with Crippen molar-refractivity contribution in [3.63, 3.8) is 0 Å². The van der Waals surface area contributed by atoms with Crippen molar-refractivity contribution >= 4 is 8.92 Å². The Morgan fingerprint density at radius 3 is 1.33 bits per heavy atom. The standard InChI is InChI=1S/2C7H4F3.Cu/c2*8-7(9,10)6-4-2-1-3-5-6;/h2*1-2,4-5H;. The molecular weight excluding hydrogens is 346 g/mol. The van der Waals surface area contributed by atoms with Crippen LogP contribution in [-0.4, -0.2) is 0 Å². The molecule has 2 rings (SSSR count). The van der Waals surface area contributed by atoms with Crippen molar-refractivity contribution in [1.29, 1.82) is 0 Å². The second-order valence-electron chi connectivity index (χ2n) is 4.00. The van der Waals surface area contributed by atoms with Crippen molar-refractivity contribution in [2.45, 2.75) is 12.4 Å². The number of alkyl halides is 6. The van der Waals surface area contributed by atoms with E-state index in [0.29, 0.717) is 0 Å². The Morgan fingerprint density at radius 2 is 1.00 bits per heavy atom. The molecule has 0 amide bonds. The zero-order valence-electron chi connectivity index (χ0n) is 10.2. The van der Waals surface area contributed by atoms with Crippen LogP contribution in [0.2, 0.25) is 0 Å². The molecule has 2 aromatic carbocycles. The second kappa shape index (κ2) is 5.73. The van der Waals surface area contributed by atoms with Crippen molar-refractivity contribution in [3.8, 4) is 0 Å². The number of hydrogen-bond acceptors (Lipinski definition) is 0. The van der Waals surface area contributed by atoms with Gasteiger partial charge in [-0.2, -0.15) is 0 Å². The third-order valence-corrected chi connectivity index (χ3v) is 3.56. The molecule has 0 atom stereocenters. The quantitative estimate of drug-likeness (QED) is 0.570. The van der Waals surface area contributed by atoms with Gasteiger partial charge in [0.25, 0.3) is 0 Å². The van der Waals surface area contributed by atoms with Gasteiger partial charge in [0, 0.05) is 0 Å². The van der Waals surface area contributed by atoms with Gasteiger partial charge >= 0.3 is 122 Å². The summed E-state index contributed by atoms with van der Waals surface area (Å²) in [7, 11) is 0. The first-order valence-corrected chi connectivity index (χ1v) is 6.52. The summed E-state index contributed by atoms with van der Waals surface area (Å²) in [5, 5.41) is 0. The Bertz CT molecular complexity index is 574. The molecule has 2 aromatic rings. The van der Waals surface area contributed by atoms with Crippen molar-refractivity contribution in [2.24, 2.45) is 0 Å². The zero-order chi connectivity index (χ0) is 15.7. The molecule has 117 valence electrons. The Hall–Kier alpha value is -1.46. The van der Waals surface area contributed by atoms with Gasteiger partial charge < -0.3 is 0 Å². The number of hydrogen-bond donors (Lipinski definition) is 0. The first-order valence-electron chi connectivity index (χ1n) is 5.58. The molecule has 0 aliphatic carbocycles. The minimum absolute atomic E-state index is 0.216. The molecule has 0 aromatic heterocycles. The molecule has 0 spiro atoms. The van der Waals surface area contributed by atoms with E-state index in [4.69, 9.17) is 0 Å². The van der Waals surface area contributed by atoms with Crippen molar-refractivity contribution < 1.29 is 41.3 Å². The molecule has 0 fully saturated rings. The predicted octanol–water partition coefficient (Wildman–Crippen LogP) is 3.76. The van der Waals surface area contributed by atoms with Gasteiger partial charge in [0.05, 0.1) is 0 Å². The Labute approximate surface area is 122 Å². The summed E-state index contributed by atoms with van der Waals surface area (Å²) >= 11 is 0.953. The summed E-state index contributed by atoms with van der Waals surface area (Å²) in [6, 6.07) is 8.89. The maximum absolute atomic E-state index is 12.6. The van der Waals surface area contributed by atoms with E-state index in [9.17, 15) is 26.3 Å². The Morgan fingerprint density at radius 1 is 0.619 bits per heavy atom. The van der Waals surface area contributed by atoms with Crippen LogP contribution in [0.3, 0.4) is 0 Å². The summed E-state index contributed by atoms with van der Waals surface area (Å²) in [5.74, 6) is 0. The predicted molar refractivity (Wildman–Crippen MR) is 62.2 cm³/mol. The van der Waals surface area contributed by atoms with E-state index in [0.717, 1.165) is 39.2 Å². The van der Waals surface area contributed by atoms with Gasteiger partial charge in [-0.3, -0.25) is 0 Å². The van der Waals surface area contributed by atoms with Gasteiger partial charge in [0.2, 0.25) is 0 Å². The van der Waals surface area contributed by atoms with Crippen LogP contribution in [0.1, 0.15) is 11.1 Å². The molecule has 0 N–H and O–H groups in total. The van der Waals surface area contributed by atoms with Crippen LogP contribution in [-0.2, 0) is 27.3 Å². The first-order chi connectivity index (χ1) is 9.66. The van der Waals surface area contributed by atoms with Gasteiger partial charge in [-0.1, -0.05) is 0 Å². The van der Waals surface area contributed by atoms with Gasteiger partial charge in [-0.15, -0.1) is 0 Å². The van der Waals surface area contributed by atoms with Gasteiger partial charge in [0.1, 0.15) is 0 Å². The van der Waals surface area contributed by atoms with Crippen LogP contribution in [0, 0.1) is 0 Å². The minimum atomic E-state index is -4.48. The molecular formula is C14H8CuF6. The first kappa shape index (κ1) is 15.9. The zero-order valence-corrected chi connectivity index (χ0v) is 11.1. The third-order valence-electron chi connectivity index (χ3n) is 2.43. The van der Waals surface area contributed by atoms with E-state index in [1.54, 1.807) is 0 Å². The van der Waals surface area contributed by atoms with Crippen LogP contribution in [0.25, 0.3) is 0 Å². The fourth-order valence-electron chi connectivity index (χ4n) is 1.49. The van der Waals surface area contributed by atoms with E-state index in [-0.39, 0.29) is 8.92 Å². The molecule has 21 heavy (non-hydrogen) atoms. The molecule has 0 nitrogen and oxygen atoms in total. The maximum atomic E-state index is 12.6. The van der Waals surface area contributed by atoms with Crippen LogP contribution in [0.15, 0.2) is 48.5 Å². The van der Waals surface area contributed by atoms with E-state index < -0.39 is 23.5 Å². The summed E-state index contributed by atoms with van der Waals surface area (Å²) in [6.45, 7) is 0. The molecule has 0 unspecified atom stereocenters. The molecule has 0 saturated carbocycles. The average Bonchev–Trinajstić information content (AvgIpc) is 2.37. The third kappa shape index (κ3) is 4.25. The van der Waals surface area contributed by atoms with Gasteiger partial charge in [-0.05, 0) is 0 Å². The molecule has 7 heteroatoms. The van der Waals surface area contributed by atoms with E-state index in [2.05, 4.69) is 0 Å². The summed E-state index contributed by atoms with van der Waals surface area (Å²) < 4.78 is 75.8. The second-order valence-corrected chi connectivity index (χ2v) is 5.33. The Balaban J connectivity index is 2.27. The molecule has 0 aliphatic rings. The summed E-state index contributed by atoms with van der Waals surface area (Å²) in [5.41, 5.74) is -1.67. The number of rotatable bonds is 2. The van der Waals surface area contributed by atoms with Crippen molar-refractivity contribution in [1.82, 2.24) is 0 Å². The van der Waals surface area contributed by atoms with Gasteiger partial charge in [-0.25, -0.2) is 0 Å². The topological polar surface area (TPSA) is 0 Å². The molecule has 0 radical (unpaired) electrons. The van der Waals surface area contributed by atoms with Crippen LogP contribution >= 0.6 is 0 Å². The van der Waals surface area contributed by atoms with Gasteiger partial charge in [0.15, 0.2) is 0 Å².